The number of nitrogens with zero attached hydrogens (tertiary/aromatic N) is 1. The highest BCUT2D eigenvalue weighted by molar-refractivity contribution is 6.09. The Morgan fingerprint density at radius 3 is 2.16 bits per heavy atom. The van der Waals surface area contributed by atoms with Gasteiger partial charge >= 0.3 is 5.97 Å². The minimum absolute atomic E-state index is 0.0711. The number of hydrogen-bond acceptors (Lipinski definition) is 5. The van der Waals surface area contributed by atoms with Crippen LogP contribution in [0.3, 0.4) is 0 Å². The minimum atomic E-state index is -1.07. The highest BCUT2D eigenvalue weighted by atomic mass is 19.1. The summed E-state index contributed by atoms with van der Waals surface area (Å²) in [5.41, 5.74) is 0.364. The molecule has 6 rings (SSSR count). The third-order valence-electron chi connectivity index (χ3n) is 7.32. The van der Waals surface area contributed by atoms with E-state index < -0.39 is 42.2 Å². The van der Waals surface area contributed by atoms with Crippen LogP contribution in [0.25, 0.3) is 0 Å². The predicted octanol–water partition coefficient (Wildman–Crippen LogP) is 2.39. The SMILES string of the molecule is CC(C)[C@@H](C(=O)OCC(=O)Nc1ccc(F)cc1)N1C(=O)[C@H]2[C@@H]3C=C[C@H]([C@H]4C[C@H]34)[C@@H]2C1=O. The van der Waals surface area contributed by atoms with Gasteiger partial charge in [-0.2, -0.15) is 0 Å². The fourth-order valence-corrected chi connectivity index (χ4v) is 5.88. The second-order valence-electron chi connectivity index (χ2n) is 9.55. The summed E-state index contributed by atoms with van der Waals surface area (Å²) < 4.78 is 18.2. The lowest BCUT2D eigenvalue weighted by Gasteiger charge is -2.37. The maximum absolute atomic E-state index is 13.3. The smallest absolute Gasteiger partial charge is 0.330 e. The standard InChI is InChI=1S/C24H25FN2O5/c1-11(2)21(24(31)32-10-18(28)26-13-5-3-12(25)4-6-13)27-22(29)19-14-7-8-15(17-9-16(14)17)20(19)23(27)30/h3-8,11,14-17,19-21H,9-10H2,1-2H3,(H,26,28)/t14-,15-,16-,17-,19+,20+,21+/m1/s1. The highest BCUT2D eigenvalue weighted by Gasteiger charge is 2.68. The lowest BCUT2D eigenvalue weighted by molar-refractivity contribution is -0.162. The number of esters is 1. The first-order chi connectivity index (χ1) is 15.3. The van der Waals surface area contributed by atoms with E-state index in [-0.39, 0.29) is 29.6 Å². The summed E-state index contributed by atoms with van der Waals surface area (Å²) in [6, 6.07) is 4.11. The van der Waals surface area contributed by atoms with Crippen molar-refractivity contribution < 1.29 is 28.3 Å². The van der Waals surface area contributed by atoms with E-state index in [1.54, 1.807) is 13.8 Å². The van der Waals surface area contributed by atoms with Crippen molar-refractivity contribution in [2.45, 2.75) is 26.3 Å². The van der Waals surface area contributed by atoms with Gasteiger partial charge in [0.25, 0.3) is 5.91 Å². The van der Waals surface area contributed by atoms with Crippen LogP contribution in [0.4, 0.5) is 10.1 Å². The number of ether oxygens (including phenoxy) is 1. The number of imide groups is 1. The summed E-state index contributed by atoms with van der Waals surface area (Å²) in [6.07, 6.45) is 5.23. The predicted molar refractivity (Wildman–Crippen MR) is 111 cm³/mol. The molecule has 1 saturated heterocycles. The van der Waals surface area contributed by atoms with E-state index in [0.717, 1.165) is 11.3 Å². The molecule has 2 saturated carbocycles. The maximum atomic E-state index is 13.3. The number of amides is 3. The van der Waals surface area contributed by atoms with E-state index in [9.17, 15) is 23.6 Å². The first kappa shape index (κ1) is 20.8. The molecule has 1 heterocycles. The third-order valence-corrected chi connectivity index (χ3v) is 7.32. The molecule has 168 valence electrons. The molecule has 3 fully saturated rings. The van der Waals surface area contributed by atoms with E-state index in [2.05, 4.69) is 17.5 Å². The maximum Gasteiger partial charge on any atom is 0.330 e. The van der Waals surface area contributed by atoms with Gasteiger partial charge < -0.3 is 10.1 Å². The molecule has 32 heavy (non-hydrogen) atoms. The molecule has 0 aromatic heterocycles. The fraction of sp³-hybridized carbons (Fsp3) is 0.500. The average molecular weight is 440 g/mol. The van der Waals surface area contributed by atoms with Crippen LogP contribution in [-0.2, 0) is 23.9 Å². The van der Waals surface area contributed by atoms with E-state index in [0.29, 0.717) is 17.5 Å². The molecule has 0 spiro atoms. The molecule has 1 aromatic carbocycles. The zero-order valence-electron chi connectivity index (χ0n) is 17.9. The zero-order chi connectivity index (χ0) is 22.7. The lowest BCUT2D eigenvalue weighted by Crippen LogP contribution is -2.49. The largest absolute Gasteiger partial charge is 0.454 e. The number of anilines is 1. The van der Waals surface area contributed by atoms with Gasteiger partial charge in [0.15, 0.2) is 6.61 Å². The van der Waals surface area contributed by atoms with Crippen LogP contribution in [0.15, 0.2) is 36.4 Å². The number of hydrogen-bond donors (Lipinski definition) is 1. The molecule has 0 radical (unpaired) electrons. The fourth-order valence-electron chi connectivity index (χ4n) is 5.88. The Balaban J connectivity index is 1.27. The van der Waals surface area contributed by atoms with Crippen molar-refractivity contribution >= 4 is 29.4 Å². The molecule has 1 aromatic rings. The van der Waals surface area contributed by atoms with Gasteiger partial charge in [-0.05, 0) is 60.3 Å². The second kappa shape index (κ2) is 7.53. The molecule has 5 aliphatic rings. The molecule has 1 aliphatic heterocycles. The van der Waals surface area contributed by atoms with Crippen LogP contribution in [-0.4, -0.2) is 41.2 Å². The number of allylic oxidation sites excluding steroid dienone is 2. The molecule has 1 N–H and O–H groups in total. The number of rotatable bonds is 6. The van der Waals surface area contributed by atoms with E-state index >= 15 is 0 Å². The molecule has 8 heteroatoms. The zero-order valence-corrected chi connectivity index (χ0v) is 17.9. The van der Waals surface area contributed by atoms with Crippen LogP contribution in [0.2, 0.25) is 0 Å². The van der Waals surface area contributed by atoms with Gasteiger partial charge in [-0.3, -0.25) is 19.3 Å². The van der Waals surface area contributed by atoms with Crippen molar-refractivity contribution in [2.24, 2.45) is 41.4 Å². The summed E-state index contributed by atoms with van der Waals surface area (Å²) in [6.45, 7) is 2.92. The van der Waals surface area contributed by atoms with Gasteiger partial charge in [-0.1, -0.05) is 26.0 Å². The molecule has 0 unspecified atom stereocenters. The summed E-state index contributed by atoms with van der Waals surface area (Å²) in [4.78, 5) is 52.8. The highest BCUT2D eigenvalue weighted by Crippen LogP contribution is 2.65. The van der Waals surface area contributed by atoms with E-state index in [1.165, 1.54) is 24.3 Å². The number of benzene rings is 1. The Morgan fingerprint density at radius 1 is 1.06 bits per heavy atom. The van der Waals surface area contributed by atoms with Crippen molar-refractivity contribution in [3.63, 3.8) is 0 Å². The Kier molecular flexibility index (Phi) is 4.91. The topological polar surface area (TPSA) is 92.8 Å². The first-order valence-corrected chi connectivity index (χ1v) is 11.0. The van der Waals surface area contributed by atoms with Crippen LogP contribution in [0, 0.1) is 47.2 Å². The van der Waals surface area contributed by atoms with Gasteiger partial charge in [0, 0.05) is 5.69 Å². The molecule has 7 atom stereocenters. The van der Waals surface area contributed by atoms with E-state index in [4.69, 9.17) is 4.74 Å². The van der Waals surface area contributed by atoms with E-state index in [1.807, 2.05) is 0 Å². The van der Waals surface area contributed by atoms with Crippen LogP contribution in [0.5, 0.6) is 0 Å². The Morgan fingerprint density at radius 2 is 1.62 bits per heavy atom. The lowest BCUT2D eigenvalue weighted by atomic mass is 9.63. The molecule has 7 nitrogen and oxygen atoms in total. The Hall–Kier alpha value is -3.03. The van der Waals surface area contributed by atoms with Crippen LogP contribution >= 0.6 is 0 Å². The molecular formula is C24H25FN2O5. The third kappa shape index (κ3) is 3.24. The number of nitrogens with one attached hydrogen (secondary N) is 1. The van der Waals surface area contributed by atoms with Crippen LogP contribution < -0.4 is 5.32 Å². The van der Waals surface area contributed by atoms with Crippen molar-refractivity contribution in [1.82, 2.24) is 4.90 Å². The summed E-state index contributed by atoms with van der Waals surface area (Å²) in [7, 11) is 0. The summed E-state index contributed by atoms with van der Waals surface area (Å²) in [5, 5.41) is 2.51. The van der Waals surface area contributed by atoms with Crippen LogP contribution in [0.1, 0.15) is 20.3 Å². The number of carbonyl (C=O) groups is 4. The number of carbonyl (C=O) groups excluding carboxylic acids is 4. The summed E-state index contributed by atoms with van der Waals surface area (Å²) >= 11 is 0. The number of likely N-dealkylation sites (tertiary alicyclic amines) is 1. The van der Waals surface area contributed by atoms with Gasteiger partial charge in [0.05, 0.1) is 11.8 Å². The second-order valence-corrected chi connectivity index (χ2v) is 9.55. The van der Waals surface area contributed by atoms with Crippen molar-refractivity contribution in [3.05, 3.63) is 42.2 Å². The normalized spacial score (nSPS) is 32.6. The van der Waals surface area contributed by atoms with Crippen molar-refractivity contribution in [3.8, 4) is 0 Å². The monoisotopic (exact) mass is 440 g/mol. The minimum Gasteiger partial charge on any atom is -0.454 e. The average Bonchev–Trinajstić information content (AvgIpc) is 3.54. The molecule has 3 amide bonds. The molecule has 4 aliphatic carbocycles. The molecular weight excluding hydrogens is 415 g/mol. The van der Waals surface area contributed by atoms with Gasteiger partial charge in [-0.25, -0.2) is 9.18 Å². The first-order valence-electron chi connectivity index (χ1n) is 11.0. The number of halogens is 1. The summed E-state index contributed by atoms with van der Waals surface area (Å²) in [5.74, 6) is -2.45. The van der Waals surface area contributed by atoms with Gasteiger partial charge in [0.1, 0.15) is 11.9 Å². The van der Waals surface area contributed by atoms with Gasteiger partial charge in [-0.15, -0.1) is 0 Å². The molecule has 2 bridgehead atoms. The quantitative estimate of drug-likeness (QED) is 0.417. The van der Waals surface area contributed by atoms with Gasteiger partial charge in [0.2, 0.25) is 11.8 Å². The Labute approximate surface area is 185 Å². The Bertz CT molecular complexity index is 984. The van der Waals surface area contributed by atoms with Crippen molar-refractivity contribution in [2.75, 3.05) is 11.9 Å². The van der Waals surface area contributed by atoms with Crippen molar-refractivity contribution in [1.29, 1.82) is 0 Å².